The van der Waals surface area contributed by atoms with E-state index in [9.17, 15) is 5.26 Å². The number of hydrogen-bond donors (Lipinski definition) is 1. The Morgan fingerprint density at radius 2 is 2.04 bits per heavy atom. The molecule has 0 aliphatic carbocycles. The Hall–Kier alpha value is -3.44. The van der Waals surface area contributed by atoms with Crippen molar-refractivity contribution in [2.24, 2.45) is 0 Å². The van der Waals surface area contributed by atoms with Crippen LogP contribution in [0.5, 0.6) is 5.75 Å². The Morgan fingerprint density at radius 1 is 1.15 bits per heavy atom. The highest BCUT2D eigenvalue weighted by Gasteiger charge is 2.17. The molecule has 8 nitrogen and oxygen atoms in total. The van der Waals surface area contributed by atoms with Crippen molar-refractivity contribution in [2.45, 2.75) is 18.9 Å². The molecule has 136 valence electrons. The van der Waals surface area contributed by atoms with Crippen LogP contribution in [0.3, 0.4) is 0 Å². The van der Waals surface area contributed by atoms with E-state index in [2.05, 4.69) is 26.3 Å². The smallest absolute Gasteiger partial charge is 0.301 e. The molecule has 0 saturated carbocycles. The Bertz CT molecular complexity index is 946. The Morgan fingerprint density at radius 3 is 2.81 bits per heavy atom. The van der Waals surface area contributed by atoms with Gasteiger partial charge >= 0.3 is 6.01 Å². The largest absolute Gasteiger partial charge is 0.489 e. The zero-order chi connectivity index (χ0) is 18.5. The molecule has 0 spiro atoms. The molecule has 3 aromatic rings. The average molecular weight is 363 g/mol. The first-order valence-electron chi connectivity index (χ1n) is 8.60. The fourth-order valence-corrected chi connectivity index (χ4v) is 2.81. The zero-order valence-electron chi connectivity index (χ0n) is 14.5. The molecule has 0 amide bonds. The van der Waals surface area contributed by atoms with Crippen molar-refractivity contribution in [3.63, 3.8) is 0 Å². The van der Waals surface area contributed by atoms with Crippen molar-refractivity contribution in [2.75, 3.05) is 18.5 Å². The highest BCUT2D eigenvalue weighted by molar-refractivity contribution is 5.65. The lowest BCUT2D eigenvalue weighted by Crippen LogP contribution is -2.26. The third kappa shape index (κ3) is 4.04. The molecule has 0 atom stereocenters. The summed E-state index contributed by atoms with van der Waals surface area (Å²) in [6.45, 7) is 1.37. The van der Waals surface area contributed by atoms with Crippen LogP contribution in [0.1, 0.15) is 18.4 Å². The van der Waals surface area contributed by atoms with Gasteiger partial charge in [0.1, 0.15) is 24.2 Å². The maximum absolute atomic E-state index is 9.52. The summed E-state index contributed by atoms with van der Waals surface area (Å²) in [5, 5.41) is 12.4. The fourth-order valence-electron chi connectivity index (χ4n) is 2.81. The third-order valence-corrected chi connectivity index (χ3v) is 4.16. The maximum atomic E-state index is 9.52. The molecular formula is C19H17N5O3. The van der Waals surface area contributed by atoms with Crippen molar-refractivity contribution < 1.29 is 13.9 Å². The second-order valence-electron chi connectivity index (χ2n) is 5.98. The summed E-state index contributed by atoms with van der Waals surface area (Å²) in [4.78, 5) is 12.6. The van der Waals surface area contributed by atoms with Gasteiger partial charge < -0.3 is 13.9 Å². The molecule has 1 N–H and O–H groups in total. The molecule has 0 bridgehead atoms. The molecule has 0 radical (unpaired) electrons. The van der Waals surface area contributed by atoms with Crippen LogP contribution in [-0.2, 0) is 4.74 Å². The highest BCUT2D eigenvalue weighted by Crippen LogP contribution is 2.28. The van der Waals surface area contributed by atoms with Gasteiger partial charge in [0.15, 0.2) is 0 Å². The number of oxazole rings is 1. The first kappa shape index (κ1) is 17.0. The number of benzene rings is 1. The topological polar surface area (TPSA) is 106 Å². The summed E-state index contributed by atoms with van der Waals surface area (Å²) < 4.78 is 16.5. The summed E-state index contributed by atoms with van der Waals surface area (Å²) >= 11 is 0. The fraction of sp³-hybridized carbons (Fsp3) is 0.263. The molecule has 1 aliphatic heterocycles. The van der Waals surface area contributed by atoms with E-state index in [0.717, 1.165) is 18.4 Å². The molecule has 27 heavy (non-hydrogen) atoms. The van der Waals surface area contributed by atoms with Gasteiger partial charge in [0, 0.05) is 24.6 Å². The number of nitrogens with one attached hydrogen (secondary N) is 1. The summed E-state index contributed by atoms with van der Waals surface area (Å²) in [6, 6.07) is 9.75. The van der Waals surface area contributed by atoms with Gasteiger partial charge in [-0.15, -0.1) is 0 Å². The van der Waals surface area contributed by atoms with Gasteiger partial charge in [0.05, 0.1) is 30.7 Å². The van der Waals surface area contributed by atoms with Crippen LogP contribution in [0.25, 0.3) is 11.3 Å². The van der Waals surface area contributed by atoms with Gasteiger partial charge in [0.25, 0.3) is 0 Å². The predicted molar refractivity (Wildman–Crippen MR) is 96.4 cm³/mol. The quantitative estimate of drug-likeness (QED) is 0.736. The van der Waals surface area contributed by atoms with E-state index in [1.165, 1.54) is 12.5 Å². The van der Waals surface area contributed by atoms with Crippen molar-refractivity contribution >= 4 is 12.0 Å². The van der Waals surface area contributed by atoms with Gasteiger partial charge in [-0.3, -0.25) is 5.32 Å². The van der Waals surface area contributed by atoms with Crippen molar-refractivity contribution in [1.29, 1.82) is 5.26 Å². The van der Waals surface area contributed by atoms with Crippen LogP contribution in [-0.4, -0.2) is 34.3 Å². The molecule has 0 unspecified atom stereocenters. The maximum Gasteiger partial charge on any atom is 0.301 e. The van der Waals surface area contributed by atoms with E-state index in [-0.39, 0.29) is 6.10 Å². The Balaban J connectivity index is 1.56. The number of nitrogens with zero attached hydrogens (tertiary/aromatic N) is 4. The minimum Gasteiger partial charge on any atom is -0.489 e. The summed E-state index contributed by atoms with van der Waals surface area (Å²) in [7, 11) is 0. The number of hydrogen-bond acceptors (Lipinski definition) is 8. The summed E-state index contributed by atoms with van der Waals surface area (Å²) in [5.41, 5.74) is 1.94. The lowest BCUT2D eigenvalue weighted by atomic mass is 10.1. The molecule has 3 heterocycles. The molecule has 1 aliphatic rings. The second-order valence-corrected chi connectivity index (χ2v) is 5.98. The predicted octanol–water partition coefficient (Wildman–Crippen LogP) is 3.30. The molecule has 8 heteroatoms. The van der Waals surface area contributed by atoms with E-state index >= 15 is 0 Å². The van der Waals surface area contributed by atoms with Crippen LogP contribution in [0.2, 0.25) is 0 Å². The van der Waals surface area contributed by atoms with Gasteiger partial charge in [-0.1, -0.05) is 0 Å². The number of ether oxygens (including phenoxy) is 2. The van der Waals surface area contributed by atoms with Crippen molar-refractivity contribution in [1.82, 2.24) is 15.0 Å². The molecular weight excluding hydrogens is 346 g/mol. The first-order valence-corrected chi connectivity index (χ1v) is 8.60. The first-order chi connectivity index (χ1) is 13.3. The SMILES string of the molecule is N#Cc1cc(-c2ccnc(Nc3ncco3)n2)ccc1OC1CCOCC1. The minimum absolute atomic E-state index is 0.0762. The monoisotopic (exact) mass is 363 g/mol. The average Bonchev–Trinajstić information content (AvgIpc) is 3.22. The molecule has 1 saturated heterocycles. The second kappa shape index (κ2) is 7.85. The van der Waals surface area contributed by atoms with Crippen LogP contribution in [0.15, 0.2) is 47.3 Å². The number of anilines is 2. The molecule has 2 aromatic heterocycles. The van der Waals surface area contributed by atoms with Gasteiger partial charge in [0.2, 0.25) is 5.95 Å². The highest BCUT2D eigenvalue weighted by atomic mass is 16.5. The Kier molecular flexibility index (Phi) is 4.94. The van der Waals surface area contributed by atoms with E-state index in [1.807, 2.05) is 12.1 Å². The van der Waals surface area contributed by atoms with E-state index in [0.29, 0.717) is 42.2 Å². The zero-order valence-corrected chi connectivity index (χ0v) is 14.5. The standard InChI is InChI=1S/C19H17N5O3/c20-12-14-11-13(1-2-17(14)27-15-4-8-25-9-5-15)16-3-6-21-18(23-16)24-19-22-7-10-26-19/h1-3,6-7,10-11,15H,4-5,8-9H2,(H,21,22,23,24). The third-order valence-electron chi connectivity index (χ3n) is 4.16. The van der Waals surface area contributed by atoms with E-state index < -0.39 is 0 Å². The van der Waals surface area contributed by atoms with Crippen LogP contribution >= 0.6 is 0 Å². The number of rotatable bonds is 5. The van der Waals surface area contributed by atoms with E-state index in [4.69, 9.17) is 13.9 Å². The number of nitriles is 1. The van der Waals surface area contributed by atoms with Gasteiger partial charge in [-0.05, 0) is 24.3 Å². The summed E-state index contributed by atoms with van der Waals surface area (Å²) in [6.07, 6.45) is 6.35. The lowest BCUT2D eigenvalue weighted by Gasteiger charge is -2.23. The van der Waals surface area contributed by atoms with Crippen molar-refractivity contribution in [3.05, 3.63) is 48.5 Å². The number of aromatic nitrogens is 3. The minimum atomic E-state index is 0.0762. The lowest BCUT2D eigenvalue weighted by molar-refractivity contribution is 0.0254. The van der Waals surface area contributed by atoms with Gasteiger partial charge in [-0.25, -0.2) is 15.0 Å². The van der Waals surface area contributed by atoms with Crippen LogP contribution in [0, 0.1) is 11.3 Å². The summed E-state index contributed by atoms with van der Waals surface area (Å²) in [5.74, 6) is 0.941. The van der Waals surface area contributed by atoms with Crippen molar-refractivity contribution in [3.8, 4) is 23.1 Å². The normalized spacial score (nSPS) is 14.5. The van der Waals surface area contributed by atoms with E-state index in [1.54, 1.807) is 18.3 Å². The molecule has 1 aromatic carbocycles. The van der Waals surface area contributed by atoms with Crippen LogP contribution < -0.4 is 10.1 Å². The molecule has 4 rings (SSSR count). The Labute approximate surface area is 155 Å². The van der Waals surface area contributed by atoms with Crippen LogP contribution in [0.4, 0.5) is 12.0 Å². The van der Waals surface area contributed by atoms with Gasteiger partial charge in [-0.2, -0.15) is 5.26 Å². The molecule has 1 fully saturated rings.